The third-order valence-corrected chi connectivity index (χ3v) is 5.71. The fourth-order valence-corrected chi connectivity index (χ4v) is 3.94. The van der Waals surface area contributed by atoms with Gasteiger partial charge in [-0.15, -0.1) is 10.2 Å². The zero-order chi connectivity index (χ0) is 21.8. The van der Waals surface area contributed by atoms with Crippen molar-refractivity contribution in [3.8, 4) is 22.4 Å². The molecule has 3 heterocycles. The van der Waals surface area contributed by atoms with Gasteiger partial charge in [-0.25, -0.2) is 9.97 Å². The molecule has 7 nitrogen and oxygen atoms in total. The molecule has 1 N–H and O–H groups in total. The molecule has 32 heavy (non-hydrogen) atoms. The first-order chi connectivity index (χ1) is 15.8. The van der Waals surface area contributed by atoms with E-state index in [4.69, 9.17) is 0 Å². The lowest BCUT2D eigenvalue weighted by molar-refractivity contribution is 0.282. The van der Waals surface area contributed by atoms with Gasteiger partial charge in [0.2, 0.25) is 5.95 Å². The van der Waals surface area contributed by atoms with Gasteiger partial charge in [-0.2, -0.15) is 0 Å². The van der Waals surface area contributed by atoms with E-state index in [1.807, 2.05) is 60.7 Å². The Morgan fingerprint density at radius 2 is 1.41 bits per heavy atom. The highest BCUT2D eigenvalue weighted by Crippen LogP contribution is 2.32. The van der Waals surface area contributed by atoms with E-state index in [9.17, 15) is 5.11 Å². The Hall–Kier alpha value is -3.84. The fraction of sp³-hybridized carbons (Fsp3) is 0.200. The predicted octanol–water partition coefficient (Wildman–Crippen LogP) is 3.42. The molecule has 2 aromatic carbocycles. The fourth-order valence-electron chi connectivity index (χ4n) is 3.94. The summed E-state index contributed by atoms with van der Waals surface area (Å²) >= 11 is 0. The molecule has 2 aromatic heterocycles. The van der Waals surface area contributed by atoms with Crippen LogP contribution in [0.1, 0.15) is 5.56 Å². The van der Waals surface area contributed by atoms with Crippen molar-refractivity contribution in [2.24, 2.45) is 0 Å². The highest BCUT2D eigenvalue weighted by molar-refractivity contribution is 5.79. The smallest absolute Gasteiger partial charge is 0.225 e. The van der Waals surface area contributed by atoms with E-state index in [2.05, 4.69) is 36.0 Å². The molecule has 1 aliphatic heterocycles. The molecule has 4 aromatic rings. The van der Waals surface area contributed by atoms with Gasteiger partial charge in [0, 0.05) is 49.7 Å². The molecule has 5 rings (SSSR count). The SMILES string of the molecule is OCc1ccc(-c2cc(-c3ccccc3)nnc2N2CCN(c3ncccn3)CC2)cc1. The van der Waals surface area contributed by atoms with Gasteiger partial charge in [0.25, 0.3) is 0 Å². The zero-order valence-electron chi connectivity index (χ0n) is 17.7. The Morgan fingerprint density at radius 3 is 2.09 bits per heavy atom. The molecule has 0 spiro atoms. The summed E-state index contributed by atoms with van der Waals surface area (Å²) < 4.78 is 0. The third-order valence-electron chi connectivity index (χ3n) is 5.71. The predicted molar refractivity (Wildman–Crippen MR) is 125 cm³/mol. The van der Waals surface area contributed by atoms with E-state index >= 15 is 0 Å². The summed E-state index contributed by atoms with van der Waals surface area (Å²) in [6.07, 6.45) is 3.55. The van der Waals surface area contributed by atoms with E-state index in [0.717, 1.165) is 65.9 Å². The average Bonchev–Trinajstić information content (AvgIpc) is 2.89. The number of hydrogen-bond donors (Lipinski definition) is 1. The molecule has 0 bridgehead atoms. The summed E-state index contributed by atoms with van der Waals surface area (Å²) in [6.45, 7) is 3.27. The van der Waals surface area contributed by atoms with Crippen LogP contribution in [0.25, 0.3) is 22.4 Å². The molecule has 0 aliphatic carbocycles. The number of hydrogen-bond acceptors (Lipinski definition) is 7. The lowest BCUT2D eigenvalue weighted by Crippen LogP contribution is -2.47. The number of benzene rings is 2. The first kappa shape index (κ1) is 20.1. The molecule has 1 saturated heterocycles. The summed E-state index contributed by atoms with van der Waals surface area (Å²) in [7, 11) is 0. The topological polar surface area (TPSA) is 78.3 Å². The van der Waals surface area contributed by atoms with Crippen molar-refractivity contribution in [1.82, 2.24) is 20.2 Å². The Balaban J connectivity index is 1.47. The Bertz CT molecular complexity index is 1160. The average molecular weight is 425 g/mol. The van der Waals surface area contributed by atoms with Crippen LogP contribution in [0, 0.1) is 0 Å². The maximum atomic E-state index is 9.42. The normalized spacial score (nSPS) is 13.9. The van der Waals surface area contributed by atoms with Crippen molar-refractivity contribution in [3.63, 3.8) is 0 Å². The van der Waals surface area contributed by atoms with Crippen molar-refractivity contribution in [1.29, 1.82) is 0 Å². The maximum absolute atomic E-state index is 9.42. The molecule has 7 heteroatoms. The number of rotatable bonds is 5. The molecule has 0 saturated carbocycles. The second-order valence-electron chi connectivity index (χ2n) is 7.71. The summed E-state index contributed by atoms with van der Waals surface area (Å²) in [4.78, 5) is 13.2. The largest absolute Gasteiger partial charge is 0.392 e. The van der Waals surface area contributed by atoms with E-state index in [1.165, 1.54) is 0 Å². The lowest BCUT2D eigenvalue weighted by Gasteiger charge is -2.36. The van der Waals surface area contributed by atoms with Crippen LogP contribution in [0.2, 0.25) is 0 Å². The van der Waals surface area contributed by atoms with Gasteiger partial charge in [0.1, 0.15) is 0 Å². The number of anilines is 2. The number of nitrogens with zero attached hydrogens (tertiary/aromatic N) is 6. The number of aromatic nitrogens is 4. The molecule has 0 radical (unpaired) electrons. The molecule has 160 valence electrons. The second kappa shape index (κ2) is 9.11. The highest BCUT2D eigenvalue weighted by atomic mass is 16.3. The molecule has 1 fully saturated rings. The number of aliphatic hydroxyl groups is 1. The van der Waals surface area contributed by atoms with Gasteiger partial charge in [0.15, 0.2) is 5.82 Å². The lowest BCUT2D eigenvalue weighted by atomic mass is 10.0. The third kappa shape index (κ3) is 4.15. The summed E-state index contributed by atoms with van der Waals surface area (Å²) in [5.41, 5.74) is 4.85. The van der Waals surface area contributed by atoms with Crippen molar-refractivity contribution >= 4 is 11.8 Å². The van der Waals surface area contributed by atoms with Gasteiger partial charge in [-0.1, -0.05) is 54.6 Å². The van der Waals surface area contributed by atoms with Gasteiger partial charge in [-0.3, -0.25) is 0 Å². The summed E-state index contributed by atoms with van der Waals surface area (Å²) in [6, 6.07) is 22.0. The van der Waals surface area contributed by atoms with Gasteiger partial charge in [-0.05, 0) is 23.3 Å². The van der Waals surface area contributed by atoms with Crippen LogP contribution >= 0.6 is 0 Å². The van der Waals surface area contributed by atoms with Crippen molar-refractivity contribution in [2.45, 2.75) is 6.61 Å². The molecular weight excluding hydrogens is 400 g/mol. The van der Waals surface area contributed by atoms with Crippen LogP contribution in [0.4, 0.5) is 11.8 Å². The minimum Gasteiger partial charge on any atom is -0.392 e. The van der Waals surface area contributed by atoms with E-state index < -0.39 is 0 Å². The minimum atomic E-state index is 0.0283. The van der Waals surface area contributed by atoms with Crippen LogP contribution in [-0.4, -0.2) is 51.5 Å². The van der Waals surface area contributed by atoms with Gasteiger partial charge in [0.05, 0.1) is 12.3 Å². The minimum absolute atomic E-state index is 0.0283. The van der Waals surface area contributed by atoms with Crippen LogP contribution in [0.5, 0.6) is 0 Å². The Morgan fingerprint density at radius 1 is 0.719 bits per heavy atom. The van der Waals surface area contributed by atoms with Crippen molar-refractivity contribution < 1.29 is 5.11 Å². The van der Waals surface area contributed by atoms with E-state index in [-0.39, 0.29) is 6.61 Å². The molecule has 0 atom stereocenters. The van der Waals surface area contributed by atoms with Gasteiger partial charge >= 0.3 is 0 Å². The maximum Gasteiger partial charge on any atom is 0.225 e. The Kier molecular flexibility index (Phi) is 5.72. The van der Waals surface area contributed by atoms with E-state index in [0.29, 0.717) is 0 Å². The van der Waals surface area contributed by atoms with Crippen LogP contribution in [-0.2, 0) is 6.61 Å². The van der Waals surface area contributed by atoms with Gasteiger partial charge < -0.3 is 14.9 Å². The second-order valence-corrected chi connectivity index (χ2v) is 7.71. The quantitative estimate of drug-likeness (QED) is 0.526. The Labute approximate surface area is 187 Å². The molecule has 0 amide bonds. The van der Waals surface area contributed by atoms with Crippen LogP contribution < -0.4 is 9.80 Å². The standard InChI is InChI=1S/C25H24N6O/c32-18-19-7-9-20(10-8-19)22-17-23(21-5-2-1-3-6-21)28-29-24(22)30-13-15-31(16-14-30)25-26-11-4-12-27-25/h1-12,17,32H,13-16,18H2. The first-order valence-corrected chi connectivity index (χ1v) is 10.7. The zero-order valence-corrected chi connectivity index (χ0v) is 17.7. The van der Waals surface area contributed by atoms with Crippen molar-refractivity contribution in [3.05, 3.63) is 84.7 Å². The summed E-state index contributed by atoms with van der Waals surface area (Å²) in [5.74, 6) is 1.63. The monoisotopic (exact) mass is 424 g/mol. The number of aliphatic hydroxyl groups excluding tert-OH is 1. The molecular formula is C25H24N6O. The summed E-state index contributed by atoms with van der Waals surface area (Å²) in [5, 5.41) is 18.6. The first-order valence-electron chi connectivity index (χ1n) is 10.7. The molecule has 1 aliphatic rings. The van der Waals surface area contributed by atoms with Crippen LogP contribution in [0.15, 0.2) is 79.1 Å². The van der Waals surface area contributed by atoms with Crippen LogP contribution in [0.3, 0.4) is 0 Å². The number of piperazine rings is 1. The highest BCUT2D eigenvalue weighted by Gasteiger charge is 2.23. The van der Waals surface area contributed by atoms with E-state index in [1.54, 1.807) is 12.4 Å². The molecule has 0 unspecified atom stereocenters. The van der Waals surface area contributed by atoms with Crippen molar-refractivity contribution in [2.75, 3.05) is 36.0 Å².